The number of piperidine rings is 1. The molecule has 1 fully saturated rings. The number of methoxy groups -OCH3 is 1. The summed E-state index contributed by atoms with van der Waals surface area (Å²) < 4.78 is 7.38. The molecule has 5 rings (SSSR count). The first-order valence-electron chi connectivity index (χ1n) is 13.2. The van der Waals surface area contributed by atoms with Gasteiger partial charge in [-0.15, -0.1) is 0 Å². The van der Waals surface area contributed by atoms with Crippen molar-refractivity contribution >= 4 is 22.9 Å². The highest BCUT2D eigenvalue weighted by Gasteiger charge is 2.21. The molecule has 0 radical (unpaired) electrons. The number of hydrogen-bond donors (Lipinski definition) is 2. The summed E-state index contributed by atoms with van der Waals surface area (Å²) in [4.78, 5) is 16.9. The summed E-state index contributed by atoms with van der Waals surface area (Å²) in [5.74, 6) is 2.32. The fraction of sp³-hybridized carbons (Fsp3) is 0.414. The van der Waals surface area contributed by atoms with Crippen molar-refractivity contribution in [3.8, 4) is 5.75 Å². The summed E-state index contributed by atoms with van der Waals surface area (Å²) in [7, 11) is 1.69. The third-order valence-corrected chi connectivity index (χ3v) is 7.01. The van der Waals surface area contributed by atoms with Crippen molar-refractivity contribution in [2.45, 2.75) is 51.7 Å². The summed E-state index contributed by atoms with van der Waals surface area (Å²) in [5, 5.41) is 7.15. The Labute approximate surface area is 219 Å². The van der Waals surface area contributed by atoms with Crippen LogP contribution >= 0.6 is 0 Å². The molecule has 8 nitrogen and oxygen atoms in total. The largest absolute Gasteiger partial charge is 0.497 e. The minimum Gasteiger partial charge on any atom is -0.497 e. The molecule has 4 aromatic rings. The fourth-order valence-corrected chi connectivity index (χ4v) is 4.86. The molecule has 2 N–H and O–H groups in total. The van der Waals surface area contributed by atoms with Gasteiger partial charge in [0.05, 0.1) is 13.4 Å². The van der Waals surface area contributed by atoms with Crippen LogP contribution in [0.25, 0.3) is 11.2 Å². The second kappa shape index (κ2) is 11.6. The van der Waals surface area contributed by atoms with E-state index < -0.39 is 0 Å². The van der Waals surface area contributed by atoms with Gasteiger partial charge in [-0.3, -0.25) is 4.90 Å². The number of benzene rings is 2. The zero-order valence-electron chi connectivity index (χ0n) is 22.0. The summed E-state index contributed by atoms with van der Waals surface area (Å²) >= 11 is 0. The van der Waals surface area contributed by atoms with Gasteiger partial charge in [0.25, 0.3) is 0 Å². The van der Waals surface area contributed by atoms with E-state index in [-0.39, 0.29) is 6.04 Å². The highest BCUT2D eigenvalue weighted by Crippen LogP contribution is 2.25. The lowest BCUT2D eigenvalue weighted by atomic mass is 10.0. The van der Waals surface area contributed by atoms with E-state index in [1.165, 1.54) is 11.1 Å². The van der Waals surface area contributed by atoms with Crippen molar-refractivity contribution in [3.63, 3.8) is 0 Å². The molecule has 194 valence electrons. The summed E-state index contributed by atoms with van der Waals surface area (Å²) in [5.41, 5.74) is 4.29. The lowest BCUT2D eigenvalue weighted by Crippen LogP contribution is -2.39. The molecule has 0 amide bonds. The van der Waals surface area contributed by atoms with Crippen molar-refractivity contribution in [1.82, 2.24) is 24.4 Å². The highest BCUT2D eigenvalue weighted by atomic mass is 16.5. The van der Waals surface area contributed by atoms with E-state index in [1.807, 2.05) is 18.5 Å². The van der Waals surface area contributed by atoms with E-state index in [0.717, 1.165) is 68.2 Å². The van der Waals surface area contributed by atoms with Crippen LogP contribution in [-0.4, -0.2) is 57.2 Å². The number of hydrogen-bond acceptors (Lipinski definition) is 7. The van der Waals surface area contributed by atoms with E-state index in [1.54, 1.807) is 7.11 Å². The molecular weight excluding hydrogens is 462 g/mol. The summed E-state index contributed by atoms with van der Waals surface area (Å²) in [6, 6.07) is 19.5. The number of nitrogens with one attached hydrogen (secondary N) is 2. The van der Waals surface area contributed by atoms with Crippen LogP contribution in [0.2, 0.25) is 0 Å². The van der Waals surface area contributed by atoms with Crippen LogP contribution in [0.15, 0.2) is 60.9 Å². The predicted molar refractivity (Wildman–Crippen MR) is 149 cm³/mol. The van der Waals surface area contributed by atoms with Gasteiger partial charge < -0.3 is 19.9 Å². The molecular formula is C29H37N7O. The van der Waals surface area contributed by atoms with E-state index in [2.05, 4.69) is 81.4 Å². The molecule has 0 unspecified atom stereocenters. The Morgan fingerprint density at radius 3 is 2.43 bits per heavy atom. The van der Waals surface area contributed by atoms with Crippen LogP contribution in [0.3, 0.4) is 0 Å². The monoisotopic (exact) mass is 499 g/mol. The third-order valence-electron chi connectivity index (χ3n) is 7.01. The number of rotatable bonds is 10. The molecule has 0 spiro atoms. The predicted octanol–water partition coefficient (Wildman–Crippen LogP) is 5.15. The molecule has 2 aromatic carbocycles. The van der Waals surface area contributed by atoms with Gasteiger partial charge in [-0.05, 0) is 56.4 Å². The maximum absolute atomic E-state index is 5.27. The molecule has 0 aliphatic carbocycles. The van der Waals surface area contributed by atoms with Crippen molar-refractivity contribution < 1.29 is 4.74 Å². The van der Waals surface area contributed by atoms with Gasteiger partial charge in [0, 0.05) is 38.3 Å². The molecule has 8 heteroatoms. The number of anilines is 2. The molecule has 1 aliphatic heterocycles. The molecule has 0 bridgehead atoms. The standard InChI is InChI=1S/C29H37N7O/c1-21(2)36-20-31-26-27(30-16-13-22-9-11-25(37-3)12-10-22)33-29(34-28(26)36)32-24-14-17-35(18-15-24)19-23-7-5-4-6-8-23/h4-12,20-21,24H,13-19H2,1-3H3,(H2,30,32,33,34). The van der Waals surface area contributed by atoms with E-state index in [9.17, 15) is 0 Å². The van der Waals surface area contributed by atoms with Crippen LogP contribution in [0.4, 0.5) is 11.8 Å². The van der Waals surface area contributed by atoms with Gasteiger partial charge in [0.15, 0.2) is 17.0 Å². The highest BCUT2D eigenvalue weighted by molar-refractivity contribution is 5.84. The number of likely N-dealkylation sites (tertiary alicyclic amines) is 1. The zero-order valence-corrected chi connectivity index (χ0v) is 22.0. The molecule has 0 saturated carbocycles. The van der Waals surface area contributed by atoms with E-state index in [4.69, 9.17) is 14.7 Å². The maximum atomic E-state index is 5.27. The zero-order chi connectivity index (χ0) is 25.6. The fourth-order valence-electron chi connectivity index (χ4n) is 4.86. The topological polar surface area (TPSA) is 80.1 Å². The Kier molecular flexibility index (Phi) is 7.84. The molecule has 3 heterocycles. The maximum Gasteiger partial charge on any atom is 0.227 e. The van der Waals surface area contributed by atoms with E-state index >= 15 is 0 Å². The smallest absolute Gasteiger partial charge is 0.227 e. The van der Waals surface area contributed by atoms with Gasteiger partial charge >= 0.3 is 0 Å². The molecule has 2 aromatic heterocycles. The minimum atomic E-state index is 0.265. The second-order valence-corrected chi connectivity index (χ2v) is 10.0. The number of aromatic nitrogens is 4. The summed E-state index contributed by atoms with van der Waals surface area (Å²) in [6.45, 7) is 8.18. The van der Waals surface area contributed by atoms with Crippen LogP contribution in [0.5, 0.6) is 5.75 Å². The van der Waals surface area contributed by atoms with Crippen LogP contribution in [0.1, 0.15) is 43.9 Å². The van der Waals surface area contributed by atoms with Crippen molar-refractivity contribution in [2.75, 3.05) is 37.4 Å². The normalized spacial score (nSPS) is 14.8. The Hall–Kier alpha value is -3.65. The first-order valence-corrected chi connectivity index (χ1v) is 13.2. The average Bonchev–Trinajstić information content (AvgIpc) is 3.35. The number of imidazole rings is 1. The van der Waals surface area contributed by atoms with Crippen molar-refractivity contribution in [2.24, 2.45) is 0 Å². The quantitative estimate of drug-likeness (QED) is 0.312. The molecule has 37 heavy (non-hydrogen) atoms. The van der Waals surface area contributed by atoms with Crippen molar-refractivity contribution in [1.29, 1.82) is 0 Å². The number of nitrogens with zero attached hydrogens (tertiary/aromatic N) is 5. The Balaban J connectivity index is 1.26. The Morgan fingerprint density at radius 2 is 1.73 bits per heavy atom. The molecule has 1 aliphatic rings. The lowest BCUT2D eigenvalue weighted by molar-refractivity contribution is 0.211. The lowest BCUT2D eigenvalue weighted by Gasteiger charge is -2.32. The SMILES string of the molecule is COc1ccc(CCNc2nc(NC3CCN(Cc4ccccc4)CC3)nc3c2ncn3C(C)C)cc1. The van der Waals surface area contributed by atoms with Crippen LogP contribution in [0, 0.1) is 0 Å². The Bertz CT molecular complexity index is 1280. The first kappa shape index (κ1) is 25.0. The van der Waals surface area contributed by atoms with Crippen molar-refractivity contribution in [3.05, 3.63) is 72.1 Å². The molecule has 1 saturated heterocycles. The van der Waals surface area contributed by atoms with Crippen LogP contribution in [-0.2, 0) is 13.0 Å². The third kappa shape index (κ3) is 6.20. The Morgan fingerprint density at radius 1 is 0.973 bits per heavy atom. The van der Waals surface area contributed by atoms with Crippen LogP contribution < -0.4 is 15.4 Å². The minimum absolute atomic E-state index is 0.265. The summed E-state index contributed by atoms with van der Waals surface area (Å²) in [6.07, 6.45) is 4.88. The number of ether oxygens (including phenoxy) is 1. The van der Waals surface area contributed by atoms with Gasteiger partial charge in [0.1, 0.15) is 5.75 Å². The first-order chi connectivity index (χ1) is 18.1. The van der Waals surface area contributed by atoms with Gasteiger partial charge in [-0.2, -0.15) is 9.97 Å². The second-order valence-electron chi connectivity index (χ2n) is 10.0. The van der Waals surface area contributed by atoms with Gasteiger partial charge in [0.2, 0.25) is 5.95 Å². The number of fused-ring (bicyclic) bond motifs is 1. The van der Waals surface area contributed by atoms with E-state index in [0.29, 0.717) is 12.0 Å². The van der Waals surface area contributed by atoms with Gasteiger partial charge in [-0.25, -0.2) is 4.98 Å². The molecule has 0 atom stereocenters. The van der Waals surface area contributed by atoms with Gasteiger partial charge in [-0.1, -0.05) is 42.5 Å². The average molecular weight is 500 g/mol.